The van der Waals surface area contributed by atoms with Crippen molar-refractivity contribution in [1.29, 1.82) is 0 Å². The fourth-order valence-electron chi connectivity index (χ4n) is 1.00. The van der Waals surface area contributed by atoms with Gasteiger partial charge in [-0.3, -0.25) is 9.59 Å². The molecule has 0 fully saturated rings. The summed E-state index contributed by atoms with van der Waals surface area (Å²) in [6.45, 7) is 1.28. The van der Waals surface area contributed by atoms with Crippen molar-refractivity contribution in [3.05, 3.63) is 29.8 Å². The predicted molar refractivity (Wildman–Crippen MR) is 62.4 cm³/mol. The van der Waals surface area contributed by atoms with Gasteiger partial charge < -0.3 is 4.74 Å². The number of carbonyl (C=O) groups is 2. The second kappa shape index (κ2) is 5.04. The minimum Gasteiger partial charge on any atom is -0.427 e. The molecule has 0 aliphatic heterocycles. The zero-order valence-corrected chi connectivity index (χ0v) is 10.4. The quantitative estimate of drug-likeness (QED) is 0.362. The number of alkyl halides is 3. The number of benzene rings is 1. The minimum absolute atomic E-state index is 0.232. The van der Waals surface area contributed by atoms with Gasteiger partial charge in [-0.25, -0.2) is 0 Å². The fraction of sp³-hybridized carbons (Fsp3) is 0.200. The molecule has 6 heteroatoms. The van der Waals surface area contributed by atoms with Crippen molar-refractivity contribution in [3.8, 4) is 5.75 Å². The van der Waals surface area contributed by atoms with E-state index in [2.05, 4.69) is 0 Å². The van der Waals surface area contributed by atoms with E-state index in [4.69, 9.17) is 39.5 Å². The number of hydrogen-bond acceptors (Lipinski definition) is 3. The first-order valence-corrected chi connectivity index (χ1v) is 5.34. The standard InChI is InChI=1S/C10H7Cl3O3/c1-6(14)16-8-4-2-7(3-5-8)9(15)10(11,12)13/h2-5H,1H3. The van der Waals surface area contributed by atoms with Gasteiger partial charge in [-0.2, -0.15) is 0 Å². The molecule has 0 unspecified atom stereocenters. The van der Waals surface area contributed by atoms with E-state index in [0.717, 1.165) is 0 Å². The minimum atomic E-state index is -1.98. The topological polar surface area (TPSA) is 43.4 Å². The second-order valence-corrected chi connectivity index (χ2v) is 5.23. The van der Waals surface area contributed by atoms with E-state index in [0.29, 0.717) is 5.75 Å². The highest BCUT2D eigenvalue weighted by Gasteiger charge is 2.31. The first-order valence-electron chi connectivity index (χ1n) is 4.20. The Morgan fingerprint density at radius 2 is 1.62 bits per heavy atom. The summed E-state index contributed by atoms with van der Waals surface area (Å²) in [5.41, 5.74) is 0.232. The lowest BCUT2D eigenvalue weighted by molar-refractivity contribution is -0.131. The molecule has 0 saturated carbocycles. The molecule has 86 valence electrons. The van der Waals surface area contributed by atoms with E-state index in [1.807, 2.05) is 0 Å². The van der Waals surface area contributed by atoms with Gasteiger partial charge >= 0.3 is 5.97 Å². The highest BCUT2D eigenvalue weighted by molar-refractivity contribution is 6.77. The van der Waals surface area contributed by atoms with Gasteiger partial charge in [-0.15, -0.1) is 0 Å². The number of ether oxygens (including phenoxy) is 1. The van der Waals surface area contributed by atoms with E-state index in [-0.39, 0.29) is 5.56 Å². The van der Waals surface area contributed by atoms with Crippen LogP contribution in [0.3, 0.4) is 0 Å². The molecule has 3 nitrogen and oxygen atoms in total. The molecule has 0 bridgehead atoms. The molecule has 0 amide bonds. The smallest absolute Gasteiger partial charge is 0.308 e. The summed E-state index contributed by atoms with van der Waals surface area (Å²) >= 11 is 16.3. The lowest BCUT2D eigenvalue weighted by atomic mass is 10.1. The van der Waals surface area contributed by atoms with Crippen molar-refractivity contribution in [2.75, 3.05) is 0 Å². The van der Waals surface area contributed by atoms with Crippen LogP contribution in [0.1, 0.15) is 17.3 Å². The molecule has 0 spiro atoms. The number of rotatable bonds is 2. The number of hydrogen-bond donors (Lipinski definition) is 0. The monoisotopic (exact) mass is 280 g/mol. The molecular formula is C10H7Cl3O3. The van der Waals surface area contributed by atoms with Crippen LogP contribution in [0.15, 0.2) is 24.3 Å². The summed E-state index contributed by atoms with van der Waals surface area (Å²) in [6, 6.07) is 5.74. The summed E-state index contributed by atoms with van der Waals surface area (Å²) in [7, 11) is 0. The molecule has 1 aromatic carbocycles. The largest absolute Gasteiger partial charge is 0.427 e. The highest BCUT2D eigenvalue weighted by Crippen LogP contribution is 2.30. The van der Waals surface area contributed by atoms with E-state index in [9.17, 15) is 9.59 Å². The summed E-state index contributed by atoms with van der Waals surface area (Å²) in [5, 5.41) is 0. The molecule has 0 N–H and O–H groups in total. The maximum atomic E-state index is 11.5. The van der Waals surface area contributed by atoms with Gasteiger partial charge in [0.25, 0.3) is 3.79 Å². The van der Waals surface area contributed by atoms with Gasteiger partial charge in [0, 0.05) is 12.5 Å². The van der Waals surface area contributed by atoms with Crippen molar-refractivity contribution in [1.82, 2.24) is 0 Å². The van der Waals surface area contributed by atoms with Crippen molar-refractivity contribution in [2.45, 2.75) is 10.7 Å². The van der Waals surface area contributed by atoms with Gasteiger partial charge in [0.15, 0.2) is 0 Å². The van der Waals surface area contributed by atoms with Crippen molar-refractivity contribution < 1.29 is 14.3 Å². The first-order chi connectivity index (χ1) is 7.30. The Kier molecular flexibility index (Phi) is 4.19. The first kappa shape index (κ1) is 13.3. The maximum Gasteiger partial charge on any atom is 0.308 e. The van der Waals surface area contributed by atoms with Gasteiger partial charge in [0.1, 0.15) is 5.75 Å². The zero-order valence-electron chi connectivity index (χ0n) is 8.17. The Morgan fingerprint density at radius 3 is 2.00 bits per heavy atom. The number of Topliss-reactive ketones (excluding diaryl/α,β-unsaturated/α-hetero) is 1. The lowest BCUT2D eigenvalue weighted by Gasteiger charge is -2.09. The van der Waals surface area contributed by atoms with E-state index in [1.165, 1.54) is 31.2 Å². The average molecular weight is 282 g/mol. The van der Waals surface area contributed by atoms with Crippen molar-refractivity contribution in [2.24, 2.45) is 0 Å². The summed E-state index contributed by atoms with van der Waals surface area (Å²) < 4.78 is 2.80. The maximum absolute atomic E-state index is 11.5. The average Bonchev–Trinajstić information content (AvgIpc) is 2.15. The third-order valence-corrected chi connectivity index (χ3v) is 2.15. The Bertz CT molecular complexity index is 406. The number of ketones is 1. The molecule has 0 heterocycles. The molecule has 16 heavy (non-hydrogen) atoms. The van der Waals surface area contributed by atoms with E-state index < -0.39 is 15.5 Å². The van der Waals surface area contributed by atoms with Crippen LogP contribution in [0.25, 0.3) is 0 Å². The molecular weight excluding hydrogens is 274 g/mol. The Morgan fingerprint density at radius 1 is 1.12 bits per heavy atom. The Hall–Kier alpha value is -0.770. The van der Waals surface area contributed by atoms with Crippen molar-refractivity contribution >= 4 is 46.6 Å². The molecule has 0 saturated heterocycles. The summed E-state index contributed by atoms with van der Waals surface area (Å²) in [4.78, 5) is 22.1. The van der Waals surface area contributed by atoms with Gasteiger partial charge in [0.05, 0.1) is 0 Å². The zero-order chi connectivity index (χ0) is 12.3. The van der Waals surface area contributed by atoms with Crippen LogP contribution in [0, 0.1) is 0 Å². The molecule has 1 aromatic rings. The third kappa shape index (κ3) is 3.67. The molecule has 0 atom stereocenters. The fourth-order valence-corrected chi connectivity index (χ4v) is 1.33. The predicted octanol–water partition coefficient (Wildman–Crippen LogP) is 3.16. The summed E-state index contributed by atoms with van der Waals surface area (Å²) in [6.07, 6.45) is 0. The third-order valence-electron chi connectivity index (χ3n) is 1.64. The van der Waals surface area contributed by atoms with Crippen molar-refractivity contribution in [3.63, 3.8) is 0 Å². The Labute approximate surface area is 107 Å². The molecule has 0 aliphatic carbocycles. The van der Waals surface area contributed by atoms with Crippen LogP contribution in [0.4, 0.5) is 0 Å². The van der Waals surface area contributed by atoms with Crippen LogP contribution in [0.2, 0.25) is 0 Å². The molecule has 0 aromatic heterocycles. The number of carbonyl (C=O) groups excluding carboxylic acids is 2. The van der Waals surface area contributed by atoms with Crippen LogP contribution < -0.4 is 4.74 Å². The molecule has 1 rings (SSSR count). The second-order valence-electron chi connectivity index (χ2n) is 2.94. The molecule has 0 radical (unpaired) electrons. The SMILES string of the molecule is CC(=O)Oc1ccc(C(=O)C(Cl)(Cl)Cl)cc1. The van der Waals surface area contributed by atoms with Gasteiger partial charge in [-0.1, -0.05) is 34.8 Å². The van der Waals surface area contributed by atoms with Gasteiger partial charge in [-0.05, 0) is 24.3 Å². The Balaban J connectivity index is 2.87. The van der Waals surface area contributed by atoms with E-state index >= 15 is 0 Å². The van der Waals surface area contributed by atoms with E-state index in [1.54, 1.807) is 0 Å². The van der Waals surface area contributed by atoms with Gasteiger partial charge in [0.2, 0.25) is 5.78 Å². The van der Waals surface area contributed by atoms with Crippen LogP contribution in [-0.4, -0.2) is 15.5 Å². The lowest BCUT2D eigenvalue weighted by Crippen LogP contribution is -2.18. The number of esters is 1. The number of halogens is 3. The normalized spacial score (nSPS) is 11.0. The summed E-state index contributed by atoms with van der Waals surface area (Å²) in [5.74, 6) is -0.749. The van der Waals surface area contributed by atoms with Crippen LogP contribution >= 0.6 is 34.8 Å². The van der Waals surface area contributed by atoms with Crippen LogP contribution in [0.5, 0.6) is 5.75 Å². The molecule has 0 aliphatic rings. The highest BCUT2D eigenvalue weighted by atomic mass is 35.6. The van der Waals surface area contributed by atoms with Crippen LogP contribution in [-0.2, 0) is 4.79 Å².